The van der Waals surface area contributed by atoms with E-state index in [0.717, 1.165) is 44.9 Å². The molecule has 0 aromatic carbocycles. The second-order valence-electron chi connectivity index (χ2n) is 12.7. The number of aliphatic hydroxyl groups is 1. The van der Waals surface area contributed by atoms with Gasteiger partial charge in [-0.05, 0) is 64.2 Å². The minimum Gasteiger partial charge on any atom is -0.463 e. The quantitative estimate of drug-likeness (QED) is 0.0440. The fourth-order valence-corrected chi connectivity index (χ4v) is 5.25. The fourth-order valence-electron chi connectivity index (χ4n) is 5.25. The van der Waals surface area contributed by atoms with Gasteiger partial charge in [0.2, 0.25) is 0 Å². The van der Waals surface area contributed by atoms with Gasteiger partial charge in [-0.15, -0.1) is 0 Å². The van der Waals surface area contributed by atoms with Crippen LogP contribution in [0.5, 0.6) is 0 Å². The molecule has 0 heterocycles. The van der Waals surface area contributed by atoms with Gasteiger partial charge in [-0.25, -0.2) is 0 Å². The monoisotopic (exact) mass is 621 g/mol. The molecule has 0 unspecified atom stereocenters. The van der Waals surface area contributed by atoms with E-state index in [4.69, 9.17) is 9.47 Å². The normalized spacial score (nSPS) is 12.3. The van der Waals surface area contributed by atoms with Crippen LogP contribution in [0.4, 0.5) is 0 Å². The van der Waals surface area contributed by atoms with Crippen LogP contribution in [0.15, 0.2) is 24.3 Å². The van der Waals surface area contributed by atoms with Crippen molar-refractivity contribution in [1.82, 2.24) is 0 Å². The molecule has 0 aromatic rings. The van der Waals surface area contributed by atoms with Crippen LogP contribution in [-0.4, -0.2) is 36.4 Å². The molecule has 0 aromatic heterocycles. The summed E-state index contributed by atoms with van der Waals surface area (Å²) in [5, 5.41) is 9.99. The van der Waals surface area contributed by atoms with Crippen LogP contribution in [0.1, 0.15) is 194 Å². The maximum Gasteiger partial charge on any atom is 0.305 e. The molecular formula is C39H72O5. The first-order valence-electron chi connectivity index (χ1n) is 18.9. The number of allylic oxidation sites excluding steroid dienone is 4. The molecule has 0 saturated carbocycles. The average Bonchev–Trinajstić information content (AvgIpc) is 3.02. The summed E-state index contributed by atoms with van der Waals surface area (Å²) in [5.41, 5.74) is 0. The Morgan fingerprint density at radius 2 is 0.727 bits per heavy atom. The van der Waals surface area contributed by atoms with Crippen molar-refractivity contribution >= 4 is 11.9 Å². The number of unbranched alkanes of at least 4 members (excludes halogenated alkanes) is 22. The van der Waals surface area contributed by atoms with E-state index in [2.05, 4.69) is 38.2 Å². The Balaban J connectivity index is 3.44. The minimum absolute atomic E-state index is 0.118. The van der Waals surface area contributed by atoms with Crippen molar-refractivity contribution < 1.29 is 24.2 Å². The highest BCUT2D eigenvalue weighted by Crippen LogP contribution is 2.12. The Kier molecular flexibility index (Phi) is 34.5. The molecule has 0 aliphatic rings. The molecule has 0 aliphatic carbocycles. The fraction of sp³-hybridized carbons (Fsp3) is 0.846. The minimum atomic E-state index is -0.965. The number of rotatable bonds is 34. The van der Waals surface area contributed by atoms with E-state index in [9.17, 15) is 14.7 Å². The lowest BCUT2D eigenvalue weighted by atomic mass is 10.1. The Labute approximate surface area is 273 Å². The zero-order valence-corrected chi connectivity index (χ0v) is 29.2. The predicted octanol–water partition coefficient (Wildman–Crippen LogP) is 11.5. The van der Waals surface area contributed by atoms with Gasteiger partial charge >= 0.3 is 11.9 Å². The average molecular weight is 621 g/mol. The molecule has 258 valence electrons. The topological polar surface area (TPSA) is 72.8 Å². The number of carbonyl (C=O) groups is 2. The molecule has 0 amide bonds. The van der Waals surface area contributed by atoms with Crippen LogP contribution in [0, 0.1) is 0 Å². The number of aliphatic hydroxyl groups excluding tert-OH is 1. The number of carbonyl (C=O) groups excluding carboxylic acids is 2. The Hall–Kier alpha value is -1.62. The third kappa shape index (κ3) is 34.9. The highest BCUT2D eigenvalue weighted by atomic mass is 16.6. The molecule has 5 heteroatoms. The summed E-state index contributed by atoms with van der Waals surface area (Å²) in [7, 11) is 0. The highest BCUT2D eigenvalue weighted by Gasteiger charge is 2.12. The predicted molar refractivity (Wildman–Crippen MR) is 187 cm³/mol. The molecule has 0 saturated heterocycles. The molecule has 0 fully saturated rings. The molecular weight excluding hydrogens is 548 g/mol. The van der Waals surface area contributed by atoms with E-state index in [0.29, 0.717) is 12.8 Å². The summed E-state index contributed by atoms with van der Waals surface area (Å²) in [6, 6.07) is 0. The highest BCUT2D eigenvalue weighted by molar-refractivity contribution is 5.69. The Morgan fingerprint density at radius 3 is 1.07 bits per heavy atom. The molecule has 0 rings (SSSR count). The van der Waals surface area contributed by atoms with Gasteiger partial charge in [0.15, 0.2) is 0 Å². The lowest BCUT2D eigenvalue weighted by molar-refractivity contribution is -0.152. The second-order valence-corrected chi connectivity index (χ2v) is 12.7. The standard InChI is InChI=1S/C39H72O5/c1-3-5-7-9-11-13-15-17-19-21-23-25-27-29-31-33-38(41)43-35-37(40)36-44-39(42)34-32-30-28-26-24-22-20-18-16-14-12-10-8-6-4-2/h13,15,18,20,37,40H,3-12,14,16-17,19,21-36H2,1-2H3/b15-13-,20-18-/t37-/m1/s1. The van der Waals surface area contributed by atoms with E-state index >= 15 is 0 Å². The first-order valence-corrected chi connectivity index (χ1v) is 18.9. The number of hydrogen-bond donors (Lipinski definition) is 1. The van der Waals surface area contributed by atoms with Crippen LogP contribution in [0.3, 0.4) is 0 Å². The van der Waals surface area contributed by atoms with E-state index in [-0.39, 0.29) is 25.2 Å². The summed E-state index contributed by atoms with van der Waals surface area (Å²) >= 11 is 0. The van der Waals surface area contributed by atoms with Gasteiger partial charge in [-0.3, -0.25) is 9.59 Å². The molecule has 1 N–H and O–H groups in total. The third-order valence-electron chi connectivity index (χ3n) is 8.16. The van der Waals surface area contributed by atoms with E-state index in [1.807, 2.05) is 0 Å². The summed E-state index contributed by atoms with van der Waals surface area (Å²) in [4.78, 5) is 23.9. The number of hydrogen-bond acceptors (Lipinski definition) is 5. The van der Waals surface area contributed by atoms with Gasteiger partial charge < -0.3 is 14.6 Å². The SMILES string of the molecule is CCCCCC/C=C\CCCCCCCCCC(=O)OC[C@@H](O)COC(=O)CCCCCCC/C=C\CCCCCCCC. The van der Waals surface area contributed by atoms with Crippen molar-refractivity contribution in [1.29, 1.82) is 0 Å². The maximum atomic E-state index is 11.9. The lowest BCUT2D eigenvalue weighted by Gasteiger charge is -2.12. The molecule has 44 heavy (non-hydrogen) atoms. The van der Waals surface area contributed by atoms with Gasteiger partial charge in [-0.2, -0.15) is 0 Å². The van der Waals surface area contributed by atoms with Crippen molar-refractivity contribution in [2.75, 3.05) is 13.2 Å². The van der Waals surface area contributed by atoms with Crippen LogP contribution < -0.4 is 0 Å². The van der Waals surface area contributed by atoms with Gasteiger partial charge in [0.25, 0.3) is 0 Å². The van der Waals surface area contributed by atoms with Crippen LogP contribution in [0.25, 0.3) is 0 Å². The van der Waals surface area contributed by atoms with Crippen molar-refractivity contribution in [3.05, 3.63) is 24.3 Å². The molecule has 0 aliphatic heterocycles. The van der Waals surface area contributed by atoms with Crippen LogP contribution in [0.2, 0.25) is 0 Å². The van der Waals surface area contributed by atoms with Gasteiger partial charge in [0, 0.05) is 12.8 Å². The molecule has 0 radical (unpaired) electrons. The summed E-state index contributed by atoms with van der Waals surface area (Å²) in [6.07, 6.45) is 40.8. The summed E-state index contributed by atoms with van der Waals surface area (Å²) in [5.74, 6) is -0.576. The van der Waals surface area contributed by atoms with Crippen molar-refractivity contribution in [2.24, 2.45) is 0 Å². The zero-order valence-electron chi connectivity index (χ0n) is 29.2. The number of esters is 2. The maximum absolute atomic E-state index is 11.9. The zero-order chi connectivity index (χ0) is 32.2. The molecule has 0 bridgehead atoms. The van der Waals surface area contributed by atoms with Crippen LogP contribution in [-0.2, 0) is 19.1 Å². The van der Waals surface area contributed by atoms with Gasteiger partial charge in [0.1, 0.15) is 19.3 Å². The lowest BCUT2D eigenvalue weighted by Crippen LogP contribution is -2.25. The van der Waals surface area contributed by atoms with Crippen molar-refractivity contribution in [3.8, 4) is 0 Å². The third-order valence-corrected chi connectivity index (χ3v) is 8.16. The van der Waals surface area contributed by atoms with Crippen molar-refractivity contribution in [3.63, 3.8) is 0 Å². The van der Waals surface area contributed by atoms with Crippen LogP contribution >= 0.6 is 0 Å². The van der Waals surface area contributed by atoms with Crippen molar-refractivity contribution in [2.45, 2.75) is 200 Å². The Bertz CT molecular complexity index is 671. The molecule has 0 spiro atoms. The van der Waals surface area contributed by atoms with Gasteiger partial charge in [0.05, 0.1) is 0 Å². The molecule has 1 atom stereocenters. The molecule has 5 nitrogen and oxygen atoms in total. The first-order chi connectivity index (χ1) is 21.6. The largest absolute Gasteiger partial charge is 0.463 e. The van der Waals surface area contributed by atoms with E-state index in [1.165, 1.54) is 122 Å². The smallest absolute Gasteiger partial charge is 0.305 e. The first kappa shape index (κ1) is 42.4. The summed E-state index contributed by atoms with van der Waals surface area (Å²) < 4.78 is 10.3. The summed E-state index contributed by atoms with van der Waals surface area (Å²) in [6.45, 7) is 4.27. The number of ether oxygens (including phenoxy) is 2. The Morgan fingerprint density at radius 1 is 0.455 bits per heavy atom. The second kappa shape index (κ2) is 35.9. The van der Waals surface area contributed by atoms with E-state index in [1.54, 1.807) is 0 Å². The van der Waals surface area contributed by atoms with Gasteiger partial charge in [-0.1, -0.05) is 141 Å². The van der Waals surface area contributed by atoms with E-state index < -0.39 is 6.10 Å².